The van der Waals surface area contributed by atoms with E-state index in [4.69, 9.17) is 21.1 Å². The number of nitrogens with one attached hydrogen (secondary N) is 1. The van der Waals surface area contributed by atoms with E-state index in [0.717, 1.165) is 17.6 Å². The van der Waals surface area contributed by atoms with E-state index in [0.29, 0.717) is 29.0 Å². The molecule has 1 aromatic carbocycles. The Morgan fingerprint density at radius 2 is 2.18 bits per heavy atom. The summed E-state index contributed by atoms with van der Waals surface area (Å²) in [5.74, 6) is 1.43. The van der Waals surface area contributed by atoms with Gasteiger partial charge in [0.25, 0.3) is 0 Å². The van der Waals surface area contributed by atoms with Gasteiger partial charge < -0.3 is 14.8 Å². The van der Waals surface area contributed by atoms with Gasteiger partial charge in [0.2, 0.25) is 5.91 Å². The average Bonchev–Trinajstić information content (AvgIpc) is 3.12. The third-order valence-corrected chi connectivity index (χ3v) is 4.22. The first-order chi connectivity index (χ1) is 13.6. The summed E-state index contributed by atoms with van der Waals surface area (Å²) in [6.07, 6.45) is 5.81. The zero-order chi connectivity index (χ0) is 19.9. The molecule has 7 nitrogen and oxygen atoms in total. The van der Waals surface area contributed by atoms with Gasteiger partial charge in [0, 0.05) is 12.3 Å². The van der Waals surface area contributed by atoms with Crippen LogP contribution in [0.15, 0.2) is 42.6 Å². The summed E-state index contributed by atoms with van der Waals surface area (Å²) in [7, 11) is 1.55. The monoisotopic (exact) mass is 400 g/mol. The molecule has 2 aromatic heterocycles. The van der Waals surface area contributed by atoms with Gasteiger partial charge in [-0.25, -0.2) is 0 Å². The second kappa shape index (κ2) is 9.23. The van der Waals surface area contributed by atoms with Crippen molar-refractivity contribution in [2.24, 2.45) is 0 Å². The molecule has 0 radical (unpaired) electrons. The lowest BCUT2D eigenvalue weighted by Gasteiger charge is -2.12. The highest BCUT2D eigenvalue weighted by Gasteiger charge is 2.11. The fraction of sp³-hybridized carbons (Fsp3) is 0.250. The molecule has 0 aliphatic rings. The van der Waals surface area contributed by atoms with Crippen LogP contribution in [0, 0.1) is 0 Å². The molecule has 1 amide bonds. The van der Waals surface area contributed by atoms with Crippen LogP contribution in [0.4, 0.5) is 0 Å². The first-order valence-electron chi connectivity index (χ1n) is 8.87. The molecule has 3 rings (SSSR count). The number of nitrogens with zero attached hydrogens (tertiary/aromatic N) is 3. The Kier molecular flexibility index (Phi) is 6.49. The van der Waals surface area contributed by atoms with Gasteiger partial charge in [0.1, 0.15) is 0 Å². The molecule has 2 heterocycles. The minimum absolute atomic E-state index is 0.255. The van der Waals surface area contributed by atoms with Crippen molar-refractivity contribution in [3.63, 3.8) is 0 Å². The van der Waals surface area contributed by atoms with Crippen LogP contribution in [0.25, 0.3) is 11.7 Å². The summed E-state index contributed by atoms with van der Waals surface area (Å²) >= 11 is 6.29. The molecular formula is C20H21ClN4O3. The number of fused-ring (bicyclic) bond motifs is 1. The first kappa shape index (κ1) is 19.7. The fourth-order valence-corrected chi connectivity index (χ4v) is 2.86. The number of hydrogen-bond donors (Lipinski definition) is 1. The predicted molar refractivity (Wildman–Crippen MR) is 108 cm³/mol. The normalized spacial score (nSPS) is 11.1. The van der Waals surface area contributed by atoms with Crippen molar-refractivity contribution >= 4 is 29.2 Å². The molecule has 0 atom stereocenters. The van der Waals surface area contributed by atoms with Crippen molar-refractivity contribution in [2.75, 3.05) is 13.7 Å². The summed E-state index contributed by atoms with van der Waals surface area (Å²) in [6, 6.07) is 9.11. The van der Waals surface area contributed by atoms with E-state index < -0.39 is 0 Å². The van der Waals surface area contributed by atoms with E-state index in [1.54, 1.807) is 25.3 Å². The highest BCUT2D eigenvalue weighted by atomic mass is 35.5. The highest BCUT2D eigenvalue weighted by molar-refractivity contribution is 6.32. The van der Waals surface area contributed by atoms with E-state index in [1.165, 1.54) is 6.08 Å². The van der Waals surface area contributed by atoms with Crippen LogP contribution in [0.5, 0.6) is 11.5 Å². The first-order valence-corrected chi connectivity index (χ1v) is 9.25. The summed E-state index contributed by atoms with van der Waals surface area (Å²) in [4.78, 5) is 12.2. The van der Waals surface area contributed by atoms with Crippen LogP contribution < -0.4 is 14.8 Å². The lowest BCUT2D eigenvalue weighted by atomic mass is 10.2. The van der Waals surface area contributed by atoms with Crippen LogP contribution in [0.3, 0.4) is 0 Å². The van der Waals surface area contributed by atoms with Crippen molar-refractivity contribution in [3.05, 3.63) is 59.0 Å². The Balaban J connectivity index is 1.65. The molecule has 0 aliphatic carbocycles. The van der Waals surface area contributed by atoms with Gasteiger partial charge in [0.05, 0.1) is 25.3 Å². The van der Waals surface area contributed by atoms with E-state index in [-0.39, 0.29) is 12.5 Å². The van der Waals surface area contributed by atoms with Crippen LogP contribution in [0.1, 0.15) is 24.7 Å². The number of carbonyl (C=O) groups excluding carboxylic acids is 1. The molecule has 28 heavy (non-hydrogen) atoms. The highest BCUT2D eigenvalue weighted by Crippen LogP contribution is 2.36. The number of amides is 1. The van der Waals surface area contributed by atoms with E-state index >= 15 is 0 Å². The molecule has 0 saturated heterocycles. The average molecular weight is 401 g/mol. The Bertz CT molecular complexity index is 1000. The molecule has 1 N–H and O–H groups in total. The maximum atomic E-state index is 12.2. The van der Waals surface area contributed by atoms with Crippen LogP contribution in [0.2, 0.25) is 5.02 Å². The minimum Gasteiger partial charge on any atom is -0.493 e. The van der Waals surface area contributed by atoms with Gasteiger partial charge in [-0.2, -0.15) is 0 Å². The molecule has 146 valence electrons. The van der Waals surface area contributed by atoms with E-state index in [1.807, 2.05) is 35.7 Å². The topological polar surface area (TPSA) is 77.8 Å². The summed E-state index contributed by atoms with van der Waals surface area (Å²) in [6.45, 7) is 2.83. The van der Waals surface area contributed by atoms with Crippen molar-refractivity contribution in [1.29, 1.82) is 0 Å². The largest absolute Gasteiger partial charge is 0.493 e. The van der Waals surface area contributed by atoms with Crippen LogP contribution in [-0.4, -0.2) is 34.2 Å². The third kappa shape index (κ3) is 4.61. The Hall–Kier alpha value is -3.06. The number of halogens is 1. The SMILES string of the molecule is CCCOc1c(Cl)cc(/C=C/C(=O)NCc2nnc3ccccn23)cc1OC. The number of hydrogen-bond acceptors (Lipinski definition) is 5. The molecule has 3 aromatic rings. The maximum absolute atomic E-state index is 12.2. The summed E-state index contributed by atoms with van der Waals surface area (Å²) < 4.78 is 12.8. The minimum atomic E-state index is -0.255. The smallest absolute Gasteiger partial charge is 0.244 e. The lowest BCUT2D eigenvalue weighted by molar-refractivity contribution is -0.116. The fourth-order valence-electron chi connectivity index (χ4n) is 2.59. The van der Waals surface area contributed by atoms with Gasteiger partial charge >= 0.3 is 0 Å². The Labute approximate surface area is 167 Å². The molecule has 0 saturated carbocycles. The number of rotatable bonds is 8. The van der Waals surface area contributed by atoms with Gasteiger partial charge in [-0.05, 0) is 42.3 Å². The van der Waals surface area contributed by atoms with Crippen molar-refractivity contribution < 1.29 is 14.3 Å². The van der Waals surface area contributed by atoms with Gasteiger partial charge in [-0.1, -0.05) is 24.6 Å². The van der Waals surface area contributed by atoms with Gasteiger partial charge in [-0.3, -0.25) is 9.20 Å². The van der Waals surface area contributed by atoms with E-state index in [2.05, 4.69) is 15.5 Å². The molecule has 0 fully saturated rings. The molecule has 0 aliphatic heterocycles. The Morgan fingerprint density at radius 1 is 1.32 bits per heavy atom. The van der Waals surface area contributed by atoms with Gasteiger partial charge in [-0.15, -0.1) is 10.2 Å². The number of carbonyl (C=O) groups is 1. The quantitative estimate of drug-likeness (QED) is 0.585. The standard InChI is InChI=1S/C20H21ClN4O3/c1-3-10-28-20-15(21)11-14(12-16(20)27-2)7-8-19(26)22-13-18-24-23-17-6-4-5-9-25(17)18/h4-9,11-12H,3,10,13H2,1-2H3,(H,22,26)/b8-7+. The molecular weight excluding hydrogens is 380 g/mol. The van der Waals surface area contributed by atoms with Crippen LogP contribution in [-0.2, 0) is 11.3 Å². The number of pyridine rings is 1. The molecule has 0 unspecified atom stereocenters. The third-order valence-electron chi connectivity index (χ3n) is 3.93. The zero-order valence-corrected chi connectivity index (χ0v) is 16.4. The zero-order valence-electron chi connectivity index (χ0n) is 15.7. The molecule has 8 heteroatoms. The molecule has 0 spiro atoms. The summed E-state index contributed by atoms with van der Waals surface area (Å²) in [5.41, 5.74) is 1.46. The van der Waals surface area contributed by atoms with Crippen molar-refractivity contribution in [3.8, 4) is 11.5 Å². The van der Waals surface area contributed by atoms with Crippen molar-refractivity contribution in [2.45, 2.75) is 19.9 Å². The van der Waals surface area contributed by atoms with Crippen LogP contribution >= 0.6 is 11.6 Å². The second-order valence-electron chi connectivity index (χ2n) is 5.98. The maximum Gasteiger partial charge on any atom is 0.244 e. The lowest BCUT2D eigenvalue weighted by Crippen LogP contribution is -2.21. The summed E-state index contributed by atoms with van der Waals surface area (Å²) in [5, 5.41) is 11.4. The predicted octanol–water partition coefficient (Wildman–Crippen LogP) is 3.51. The number of ether oxygens (including phenoxy) is 2. The molecule has 0 bridgehead atoms. The number of benzene rings is 1. The second-order valence-corrected chi connectivity index (χ2v) is 6.39. The van der Waals surface area contributed by atoms with Gasteiger partial charge in [0.15, 0.2) is 23.0 Å². The Morgan fingerprint density at radius 3 is 2.96 bits per heavy atom. The number of methoxy groups -OCH3 is 1. The van der Waals surface area contributed by atoms with E-state index in [9.17, 15) is 4.79 Å². The van der Waals surface area contributed by atoms with Crippen molar-refractivity contribution in [1.82, 2.24) is 19.9 Å². The number of aromatic nitrogens is 3.